The van der Waals surface area contributed by atoms with E-state index in [0.717, 1.165) is 0 Å². The Morgan fingerprint density at radius 1 is 1.19 bits per heavy atom. The fraction of sp³-hybridized carbons (Fsp3) is 0.111. The average Bonchev–Trinajstić information content (AvgIpc) is 2.64. The zero-order valence-corrected chi connectivity index (χ0v) is 14.1. The number of aromatic carboxylic acids is 1. The molecule has 2 aromatic rings. The van der Waals surface area contributed by atoms with E-state index < -0.39 is 17.6 Å². The van der Waals surface area contributed by atoms with Crippen LogP contribution in [0.3, 0.4) is 0 Å². The van der Waals surface area contributed by atoms with Crippen molar-refractivity contribution in [1.82, 2.24) is 0 Å². The van der Waals surface area contributed by atoms with Crippen LogP contribution in [0.1, 0.15) is 15.9 Å². The lowest BCUT2D eigenvalue weighted by Gasteiger charge is -2.08. The van der Waals surface area contributed by atoms with Crippen LogP contribution < -0.4 is 15.5 Å². The first-order chi connectivity index (χ1) is 12.4. The number of carbonyl (C=O) groups excluding carboxylic acids is 1. The molecule has 0 atom stereocenters. The number of carboxylic acids is 1. The van der Waals surface area contributed by atoms with E-state index in [2.05, 4.69) is 15.8 Å². The van der Waals surface area contributed by atoms with E-state index in [1.54, 1.807) is 43.3 Å². The molecule has 1 amide bonds. The normalized spacial score (nSPS) is 10.6. The molecule has 0 heterocycles. The minimum atomic E-state index is -1.09. The highest BCUT2D eigenvalue weighted by molar-refractivity contribution is 6.48. The Kier molecular flexibility index (Phi) is 5.90. The van der Waals surface area contributed by atoms with E-state index in [1.807, 2.05) is 0 Å². The van der Waals surface area contributed by atoms with Crippen LogP contribution in [0.2, 0.25) is 0 Å². The summed E-state index contributed by atoms with van der Waals surface area (Å²) in [7, 11) is 1.53. The summed E-state index contributed by atoms with van der Waals surface area (Å²) in [5, 5.41) is 24.5. The molecule has 0 spiro atoms. The highest BCUT2D eigenvalue weighted by atomic mass is 16.5. The van der Waals surface area contributed by atoms with Gasteiger partial charge < -0.3 is 15.2 Å². The van der Waals surface area contributed by atoms with Crippen molar-refractivity contribution < 1.29 is 19.4 Å². The number of aryl methyl sites for hydroxylation is 1. The van der Waals surface area contributed by atoms with Gasteiger partial charge in [0.2, 0.25) is 5.71 Å². The van der Waals surface area contributed by atoms with Crippen molar-refractivity contribution in [3.63, 3.8) is 0 Å². The highest BCUT2D eigenvalue weighted by Crippen LogP contribution is 2.17. The molecule has 8 heteroatoms. The van der Waals surface area contributed by atoms with Crippen LogP contribution in [0, 0.1) is 18.3 Å². The second-order valence-electron chi connectivity index (χ2n) is 5.20. The number of hydrazone groups is 1. The van der Waals surface area contributed by atoms with E-state index in [4.69, 9.17) is 15.1 Å². The monoisotopic (exact) mass is 352 g/mol. The van der Waals surface area contributed by atoms with Crippen molar-refractivity contribution in [3.05, 3.63) is 53.6 Å². The van der Waals surface area contributed by atoms with Gasteiger partial charge in [-0.05, 0) is 48.9 Å². The second-order valence-corrected chi connectivity index (χ2v) is 5.20. The Hall–Kier alpha value is -3.86. The number of nitrogens with zero attached hydrogens (tertiary/aromatic N) is 2. The summed E-state index contributed by atoms with van der Waals surface area (Å²) in [6.45, 7) is 1.74. The van der Waals surface area contributed by atoms with Crippen LogP contribution >= 0.6 is 0 Å². The Labute approximate surface area is 149 Å². The number of benzene rings is 2. The molecule has 3 N–H and O–H groups in total. The van der Waals surface area contributed by atoms with Gasteiger partial charge in [-0.15, -0.1) is 0 Å². The summed E-state index contributed by atoms with van der Waals surface area (Å²) in [5.74, 6) is -1.15. The van der Waals surface area contributed by atoms with Gasteiger partial charge in [0.25, 0.3) is 5.91 Å². The number of rotatable bonds is 6. The van der Waals surface area contributed by atoms with Gasteiger partial charge in [0, 0.05) is 5.69 Å². The summed E-state index contributed by atoms with van der Waals surface area (Å²) in [6.07, 6.45) is 0. The van der Waals surface area contributed by atoms with Gasteiger partial charge in [-0.25, -0.2) is 4.79 Å². The van der Waals surface area contributed by atoms with Crippen molar-refractivity contribution in [2.45, 2.75) is 6.92 Å². The predicted molar refractivity (Wildman–Crippen MR) is 96.4 cm³/mol. The maximum atomic E-state index is 12.1. The van der Waals surface area contributed by atoms with Gasteiger partial charge in [0.15, 0.2) is 0 Å². The molecule has 0 unspecified atom stereocenters. The fourth-order valence-corrected chi connectivity index (χ4v) is 1.98. The highest BCUT2D eigenvalue weighted by Gasteiger charge is 2.12. The number of carboxylic acid groups (broad SMARTS) is 1. The van der Waals surface area contributed by atoms with Gasteiger partial charge in [-0.2, -0.15) is 10.4 Å². The standard InChI is InChI=1S/C18H16N4O4/c1-11-3-4-12(18(24)25)9-15(11)21-22-16(10-19)17(23)20-13-5-7-14(26-2)8-6-13/h3-9,21H,1-2H3,(H,20,23)(H,24,25)/b22-16+. The lowest BCUT2D eigenvalue weighted by molar-refractivity contribution is -0.110. The third-order valence-electron chi connectivity index (χ3n) is 3.44. The van der Waals surface area contributed by atoms with Gasteiger partial charge >= 0.3 is 5.97 Å². The van der Waals surface area contributed by atoms with Crippen LogP contribution in [0.25, 0.3) is 0 Å². The lowest BCUT2D eigenvalue weighted by Crippen LogP contribution is -2.22. The van der Waals surface area contributed by atoms with Gasteiger partial charge in [0.1, 0.15) is 11.8 Å². The van der Waals surface area contributed by atoms with Crippen molar-refractivity contribution in [1.29, 1.82) is 5.26 Å². The predicted octanol–water partition coefficient (Wildman–Crippen LogP) is 2.63. The first-order valence-corrected chi connectivity index (χ1v) is 7.47. The molecule has 0 radical (unpaired) electrons. The molecular weight excluding hydrogens is 336 g/mol. The number of hydrogen-bond donors (Lipinski definition) is 3. The molecule has 2 aromatic carbocycles. The fourth-order valence-electron chi connectivity index (χ4n) is 1.98. The molecule has 0 aromatic heterocycles. The zero-order valence-electron chi connectivity index (χ0n) is 14.1. The number of methoxy groups -OCH3 is 1. The van der Waals surface area contributed by atoms with E-state index in [-0.39, 0.29) is 5.56 Å². The molecule has 132 valence electrons. The molecule has 0 saturated heterocycles. The van der Waals surface area contributed by atoms with E-state index in [0.29, 0.717) is 22.7 Å². The second kappa shape index (κ2) is 8.30. The minimum absolute atomic E-state index is 0.0643. The molecule has 0 aliphatic heterocycles. The SMILES string of the molecule is COc1ccc(NC(=O)/C(C#N)=N/Nc2cc(C(=O)O)ccc2C)cc1. The van der Waals surface area contributed by atoms with E-state index in [1.165, 1.54) is 19.2 Å². The molecule has 2 rings (SSSR count). The first-order valence-electron chi connectivity index (χ1n) is 7.47. The quantitative estimate of drug-likeness (QED) is 0.542. The van der Waals surface area contributed by atoms with Gasteiger partial charge in [-0.1, -0.05) is 6.07 Å². The molecule has 0 bridgehead atoms. The lowest BCUT2D eigenvalue weighted by atomic mass is 10.1. The van der Waals surface area contributed by atoms with Crippen molar-refractivity contribution in [2.24, 2.45) is 5.10 Å². The molecule has 0 aliphatic rings. The first kappa shape index (κ1) is 18.5. The Morgan fingerprint density at radius 2 is 1.88 bits per heavy atom. The maximum Gasteiger partial charge on any atom is 0.335 e. The summed E-state index contributed by atoms with van der Waals surface area (Å²) in [6, 6.07) is 12.7. The van der Waals surface area contributed by atoms with Crippen LogP contribution in [-0.4, -0.2) is 29.8 Å². The number of anilines is 2. The largest absolute Gasteiger partial charge is 0.497 e. The van der Waals surface area contributed by atoms with Gasteiger partial charge in [-0.3, -0.25) is 10.2 Å². The van der Waals surface area contributed by atoms with Crippen LogP contribution in [-0.2, 0) is 4.79 Å². The molecule has 26 heavy (non-hydrogen) atoms. The van der Waals surface area contributed by atoms with Crippen molar-refractivity contribution in [2.75, 3.05) is 17.9 Å². The smallest absolute Gasteiger partial charge is 0.335 e. The average molecular weight is 352 g/mol. The summed E-state index contributed by atoms with van der Waals surface area (Å²) in [4.78, 5) is 23.2. The number of nitriles is 1. The number of carbonyl (C=O) groups is 2. The molecule has 0 saturated carbocycles. The van der Waals surface area contributed by atoms with Crippen LogP contribution in [0.5, 0.6) is 5.75 Å². The zero-order chi connectivity index (χ0) is 19.1. The summed E-state index contributed by atoms with van der Waals surface area (Å²) >= 11 is 0. The van der Waals surface area contributed by atoms with E-state index >= 15 is 0 Å². The Morgan fingerprint density at radius 3 is 2.46 bits per heavy atom. The van der Waals surface area contributed by atoms with Crippen molar-refractivity contribution >= 4 is 29.0 Å². The molecular formula is C18H16N4O4. The third kappa shape index (κ3) is 4.58. The molecule has 0 aliphatic carbocycles. The maximum absolute atomic E-state index is 12.1. The van der Waals surface area contributed by atoms with Crippen molar-refractivity contribution in [3.8, 4) is 11.8 Å². The van der Waals surface area contributed by atoms with Crippen LogP contribution in [0.4, 0.5) is 11.4 Å². The summed E-state index contributed by atoms with van der Waals surface area (Å²) in [5.41, 5.74) is 3.80. The third-order valence-corrected chi connectivity index (χ3v) is 3.44. The number of ether oxygens (including phenoxy) is 1. The molecule has 8 nitrogen and oxygen atoms in total. The van der Waals surface area contributed by atoms with E-state index in [9.17, 15) is 9.59 Å². The Balaban J connectivity index is 2.14. The van der Waals surface area contributed by atoms with Crippen LogP contribution in [0.15, 0.2) is 47.6 Å². The number of hydrogen-bond acceptors (Lipinski definition) is 6. The summed E-state index contributed by atoms with van der Waals surface area (Å²) < 4.78 is 5.03. The molecule has 0 fully saturated rings. The van der Waals surface area contributed by atoms with Gasteiger partial charge in [0.05, 0.1) is 18.4 Å². The number of amides is 1. The Bertz CT molecular complexity index is 898. The topological polar surface area (TPSA) is 124 Å². The number of nitrogens with one attached hydrogen (secondary N) is 2. The minimum Gasteiger partial charge on any atom is -0.497 e.